The molecule has 1 saturated heterocycles. The summed E-state index contributed by atoms with van der Waals surface area (Å²) in [6.07, 6.45) is 0.726. The van der Waals surface area contributed by atoms with E-state index in [-0.39, 0.29) is 6.09 Å². The van der Waals surface area contributed by atoms with Crippen molar-refractivity contribution in [2.45, 2.75) is 39.3 Å². The summed E-state index contributed by atoms with van der Waals surface area (Å²) in [7, 11) is 1.67. The number of benzene rings is 1. The first-order valence-electron chi connectivity index (χ1n) is 9.25. The third-order valence-electron chi connectivity index (χ3n) is 4.20. The molecule has 146 valence electrons. The molecule has 0 bridgehead atoms. The summed E-state index contributed by atoms with van der Waals surface area (Å²) in [6, 6.07) is 8.12. The van der Waals surface area contributed by atoms with Crippen molar-refractivity contribution >= 4 is 6.09 Å². The SMILES string of the molecule is COc1ccc(CN(CCNC(=O)OC(C)(C)C)CC2CCOC2)cc1. The summed E-state index contributed by atoms with van der Waals surface area (Å²) in [5.74, 6) is 1.41. The monoisotopic (exact) mass is 364 g/mol. The highest BCUT2D eigenvalue weighted by Crippen LogP contribution is 2.17. The summed E-state index contributed by atoms with van der Waals surface area (Å²) in [6.45, 7) is 10.4. The summed E-state index contributed by atoms with van der Waals surface area (Å²) in [5, 5.41) is 2.84. The zero-order valence-electron chi connectivity index (χ0n) is 16.4. The molecule has 1 atom stereocenters. The second-order valence-corrected chi connectivity index (χ2v) is 7.74. The van der Waals surface area contributed by atoms with Crippen molar-refractivity contribution in [3.05, 3.63) is 29.8 Å². The fourth-order valence-corrected chi connectivity index (χ4v) is 2.95. The van der Waals surface area contributed by atoms with Gasteiger partial charge in [-0.1, -0.05) is 12.1 Å². The van der Waals surface area contributed by atoms with Gasteiger partial charge in [-0.05, 0) is 50.8 Å². The van der Waals surface area contributed by atoms with E-state index in [1.165, 1.54) is 5.56 Å². The Balaban J connectivity index is 1.86. The summed E-state index contributed by atoms with van der Waals surface area (Å²) in [5.41, 5.74) is 0.746. The van der Waals surface area contributed by atoms with E-state index in [0.29, 0.717) is 12.5 Å². The van der Waals surface area contributed by atoms with E-state index in [1.807, 2.05) is 32.9 Å². The number of amides is 1. The van der Waals surface area contributed by atoms with E-state index in [4.69, 9.17) is 14.2 Å². The summed E-state index contributed by atoms with van der Waals surface area (Å²) in [4.78, 5) is 14.2. The first kappa shape index (κ1) is 20.5. The van der Waals surface area contributed by atoms with Crippen LogP contribution in [0.5, 0.6) is 5.75 Å². The third kappa shape index (κ3) is 7.62. The Bertz CT molecular complexity index is 548. The summed E-state index contributed by atoms with van der Waals surface area (Å²) >= 11 is 0. The molecule has 0 saturated carbocycles. The highest BCUT2D eigenvalue weighted by molar-refractivity contribution is 5.67. The first-order valence-corrected chi connectivity index (χ1v) is 9.25. The average Bonchev–Trinajstić information content (AvgIpc) is 3.07. The summed E-state index contributed by atoms with van der Waals surface area (Å²) < 4.78 is 16.0. The van der Waals surface area contributed by atoms with Gasteiger partial charge in [0.1, 0.15) is 11.4 Å². The Morgan fingerprint density at radius 1 is 1.31 bits per heavy atom. The van der Waals surface area contributed by atoms with Gasteiger partial charge in [0.25, 0.3) is 0 Å². The van der Waals surface area contributed by atoms with Crippen LogP contribution in [0.4, 0.5) is 4.79 Å². The van der Waals surface area contributed by atoms with Gasteiger partial charge in [0, 0.05) is 32.8 Å². The number of alkyl carbamates (subject to hydrolysis) is 1. The highest BCUT2D eigenvalue weighted by Gasteiger charge is 2.20. The van der Waals surface area contributed by atoms with Gasteiger partial charge in [0.05, 0.1) is 13.7 Å². The Hall–Kier alpha value is -1.79. The van der Waals surface area contributed by atoms with Crippen LogP contribution < -0.4 is 10.1 Å². The van der Waals surface area contributed by atoms with Crippen LogP contribution >= 0.6 is 0 Å². The van der Waals surface area contributed by atoms with E-state index in [9.17, 15) is 4.79 Å². The molecule has 1 unspecified atom stereocenters. The van der Waals surface area contributed by atoms with Crippen molar-refractivity contribution in [2.24, 2.45) is 5.92 Å². The molecule has 0 aliphatic carbocycles. The lowest BCUT2D eigenvalue weighted by Crippen LogP contribution is -2.39. The number of nitrogens with zero attached hydrogens (tertiary/aromatic N) is 1. The van der Waals surface area contributed by atoms with Crippen LogP contribution in [0, 0.1) is 5.92 Å². The molecule has 0 spiro atoms. The molecule has 1 fully saturated rings. The maximum absolute atomic E-state index is 11.8. The molecule has 1 aliphatic rings. The predicted octanol–water partition coefficient (Wildman–Crippen LogP) is 3.06. The fraction of sp³-hybridized carbons (Fsp3) is 0.650. The number of hydrogen-bond acceptors (Lipinski definition) is 5. The van der Waals surface area contributed by atoms with E-state index >= 15 is 0 Å². The number of methoxy groups -OCH3 is 1. The molecular weight excluding hydrogens is 332 g/mol. The van der Waals surface area contributed by atoms with Gasteiger partial charge < -0.3 is 19.5 Å². The van der Waals surface area contributed by atoms with E-state index in [1.54, 1.807) is 7.11 Å². The first-order chi connectivity index (χ1) is 12.4. The van der Waals surface area contributed by atoms with Gasteiger partial charge in [0.15, 0.2) is 0 Å². The van der Waals surface area contributed by atoms with Gasteiger partial charge in [0.2, 0.25) is 0 Å². The maximum atomic E-state index is 11.8. The van der Waals surface area contributed by atoms with Crippen LogP contribution in [-0.2, 0) is 16.0 Å². The van der Waals surface area contributed by atoms with Crippen LogP contribution in [-0.4, -0.2) is 56.6 Å². The molecule has 0 aromatic heterocycles. The second kappa shape index (κ2) is 9.78. The molecule has 1 heterocycles. The molecule has 1 amide bonds. The van der Waals surface area contributed by atoms with Gasteiger partial charge in [-0.2, -0.15) is 0 Å². The topological polar surface area (TPSA) is 60.0 Å². The van der Waals surface area contributed by atoms with Crippen molar-refractivity contribution < 1.29 is 19.0 Å². The third-order valence-corrected chi connectivity index (χ3v) is 4.20. The Morgan fingerprint density at radius 3 is 2.62 bits per heavy atom. The van der Waals surface area contributed by atoms with Gasteiger partial charge in [-0.3, -0.25) is 4.90 Å². The van der Waals surface area contributed by atoms with Crippen molar-refractivity contribution in [2.75, 3.05) is 40.0 Å². The molecule has 6 nitrogen and oxygen atoms in total. The van der Waals surface area contributed by atoms with E-state index in [0.717, 1.165) is 45.0 Å². The van der Waals surface area contributed by atoms with E-state index < -0.39 is 5.60 Å². The van der Waals surface area contributed by atoms with Crippen LogP contribution in [0.1, 0.15) is 32.8 Å². The molecule has 1 aliphatic heterocycles. The smallest absolute Gasteiger partial charge is 0.407 e. The Kier molecular flexibility index (Phi) is 7.72. The molecule has 1 N–H and O–H groups in total. The van der Waals surface area contributed by atoms with Crippen molar-refractivity contribution in [3.63, 3.8) is 0 Å². The Morgan fingerprint density at radius 2 is 2.04 bits per heavy atom. The average molecular weight is 364 g/mol. The molecular formula is C20H32N2O4. The number of carbonyl (C=O) groups is 1. The quantitative estimate of drug-likeness (QED) is 0.768. The number of ether oxygens (including phenoxy) is 3. The van der Waals surface area contributed by atoms with Gasteiger partial charge in [-0.15, -0.1) is 0 Å². The second-order valence-electron chi connectivity index (χ2n) is 7.74. The molecule has 1 aromatic rings. The van der Waals surface area contributed by atoms with Crippen molar-refractivity contribution in [3.8, 4) is 5.75 Å². The largest absolute Gasteiger partial charge is 0.497 e. The number of rotatable bonds is 8. The van der Waals surface area contributed by atoms with Crippen LogP contribution in [0.15, 0.2) is 24.3 Å². The van der Waals surface area contributed by atoms with Crippen molar-refractivity contribution in [1.82, 2.24) is 10.2 Å². The standard InChI is InChI=1S/C20H32N2O4/c1-20(2,3)26-19(23)21-10-11-22(14-17-9-12-25-15-17)13-16-5-7-18(24-4)8-6-16/h5-8,17H,9-15H2,1-4H3,(H,21,23). The van der Waals surface area contributed by atoms with Crippen molar-refractivity contribution in [1.29, 1.82) is 0 Å². The van der Waals surface area contributed by atoms with Crippen LogP contribution in [0.2, 0.25) is 0 Å². The number of carbonyl (C=O) groups excluding carboxylic acids is 1. The van der Waals surface area contributed by atoms with Crippen LogP contribution in [0.3, 0.4) is 0 Å². The Labute approximate surface area is 156 Å². The number of hydrogen-bond donors (Lipinski definition) is 1. The minimum absolute atomic E-state index is 0.369. The number of nitrogens with one attached hydrogen (secondary N) is 1. The minimum atomic E-state index is -0.478. The van der Waals surface area contributed by atoms with E-state index in [2.05, 4.69) is 22.3 Å². The molecule has 2 rings (SSSR count). The normalized spacial score (nSPS) is 17.3. The highest BCUT2D eigenvalue weighted by atomic mass is 16.6. The zero-order valence-corrected chi connectivity index (χ0v) is 16.4. The lowest BCUT2D eigenvalue weighted by Gasteiger charge is -2.26. The molecule has 6 heteroatoms. The van der Waals surface area contributed by atoms with Gasteiger partial charge in [-0.25, -0.2) is 4.79 Å². The molecule has 1 aromatic carbocycles. The van der Waals surface area contributed by atoms with Crippen LogP contribution in [0.25, 0.3) is 0 Å². The fourth-order valence-electron chi connectivity index (χ4n) is 2.95. The zero-order chi connectivity index (χ0) is 19.0. The molecule has 26 heavy (non-hydrogen) atoms. The molecule has 0 radical (unpaired) electrons. The lowest BCUT2D eigenvalue weighted by molar-refractivity contribution is 0.0520. The predicted molar refractivity (Wildman–Crippen MR) is 101 cm³/mol. The van der Waals surface area contributed by atoms with Gasteiger partial charge >= 0.3 is 6.09 Å². The minimum Gasteiger partial charge on any atom is -0.497 e. The maximum Gasteiger partial charge on any atom is 0.407 e. The lowest BCUT2D eigenvalue weighted by atomic mass is 10.1.